The molecule has 0 aliphatic heterocycles. The van der Waals surface area contributed by atoms with E-state index >= 15 is 0 Å². The largest absolute Gasteiger partial charge is 0.453 e. The predicted octanol–water partition coefficient (Wildman–Crippen LogP) is 2.18. The first-order valence-electron chi connectivity index (χ1n) is 4.87. The highest BCUT2D eigenvalue weighted by Crippen LogP contribution is 2.18. The fourth-order valence-electron chi connectivity index (χ4n) is 1.62. The van der Waals surface area contributed by atoms with Gasteiger partial charge in [0.05, 0.1) is 5.39 Å². The predicted molar refractivity (Wildman–Crippen MR) is 60.1 cm³/mol. The van der Waals surface area contributed by atoms with Crippen LogP contribution in [0, 0.1) is 0 Å². The van der Waals surface area contributed by atoms with Gasteiger partial charge in [-0.05, 0) is 12.1 Å². The van der Waals surface area contributed by atoms with Crippen molar-refractivity contribution in [2.75, 3.05) is 0 Å². The van der Waals surface area contributed by atoms with Gasteiger partial charge in [-0.3, -0.25) is 4.79 Å². The van der Waals surface area contributed by atoms with E-state index in [-0.39, 0.29) is 5.43 Å². The monoisotopic (exact) mass is 212 g/mol. The Kier molecular flexibility index (Phi) is 1.86. The van der Waals surface area contributed by atoms with Crippen LogP contribution in [0.1, 0.15) is 0 Å². The molecule has 0 spiro atoms. The van der Waals surface area contributed by atoms with Crippen LogP contribution in [0.2, 0.25) is 0 Å². The molecule has 0 fully saturated rings. The molecule has 0 unspecified atom stereocenters. The van der Waals surface area contributed by atoms with Gasteiger partial charge >= 0.3 is 0 Å². The Labute approximate surface area is 90.6 Å². The van der Waals surface area contributed by atoms with Gasteiger partial charge in [-0.25, -0.2) is 4.98 Å². The van der Waals surface area contributed by atoms with Gasteiger partial charge in [-0.1, -0.05) is 12.1 Å². The summed E-state index contributed by atoms with van der Waals surface area (Å²) >= 11 is 0. The van der Waals surface area contributed by atoms with Crippen LogP contribution < -0.4 is 5.43 Å². The van der Waals surface area contributed by atoms with Crippen LogP contribution in [0.25, 0.3) is 22.6 Å². The molecule has 3 aromatic rings. The molecule has 0 aliphatic carbocycles. The number of fused-ring (bicyclic) bond motifs is 1. The highest BCUT2D eigenvalue weighted by atomic mass is 16.3. The maximum Gasteiger partial charge on any atom is 0.193 e. The molecule has 2 heterocycles. The summed E-state index contributed by atoms with van der Waals surface area (Å²) in [5.41, 5.74) is 0.509. The van der Waals surface area contributed by atoms with E-state index in [4.69, 9.17) is 4.42 Å². The van der Waals surface area contributed by atoms with Crippen molar-refractivity contribution in [3.8, 4) is 11.6 Å². The lowest BCUT2D eigenvalue weighted by molar-refractivity contribution is 0.614. The van der Waals surface area contributed by atoms with Crippen LogP contribution in [-0.2, 0) is 0 Å². The molecule has 2 aromatic heterocycles. The number of benzene rings is 1. The number of para-hydroxylation sites is 1. The molecule has 0 amide bonds. The van der Waals surface area contributed by atoms with Gasteiger partial charge in [0.25, 0.3) is 0 Å². The van der Waals surface area contributed by atoms with Crippen molar-refractivity contribution < 1.29 is 4.42 Å². The molecular formula is C12H8N2O2. The first-order chi connectivity index (χ1) is 7.84. The van der Waals surface area contributed by atoms with Crippen molar-refractivity contribution in [1.29, 1.82) is 0 Å². The van der Waals surface area contributed by atoms with Crippen molar-refractivity contribution in [2.45, 2.75) is 0 Å². The van der Waals surface area contributed by atoms with Crippen LogP contribution in [0.3, 0.4) is 0 Å². The third-order valence-electron chi connectivity index (χ3n) is 2.37. The second-order valence-electron chi connectivity index (χ2n) is 3.41. The second kappa shape index (κ2) is 3.34. The summed E-state index contributed by atoms with van der Waals surface area (Å²) in [6, 6.07) is 8.60. The minimum absolute atomic E-state index is 0.0618. The maximum absolute atomic E-state index is 11.8. The minimum atomic E-state index is -0.0618. The average molecular weight is 212 g/mol. The topological polar surface area (TPSA) is 58.9 Å². The van der Waals surface area contributed by atoms with Crippen LogP contribution in [-0.4, -0.2) is 9.97 Å². The summed E-state index contributed by atoms with van der Waals surface area (Å²) in [6.07, 6.45) is 3.30. The molecule has 1 N–H and O–H groups in total. The molecule has 1 aromatic carbocycles. The summed E-state index contributed by atoms with van der Waals surface area (Å²) in [7, 11) is 0. The summed E-state index contributed by atoms with van der Waals surface area (Å²) in [4.78, 5) is 18.7. The zero-order valence-corrected chi connectivity index (χ0v) is 8.31. The fraction of sp³-hybridized carbons (Fsp3) is 0. The molecule has 78 valence electrons. The molecule has 0 radical (unpaired) electrons. The zero-order chi connectivity index (χ0) is 11.0. The first kappa shape index (κ1) is 8.91. The van der Waals surface area contributed by atoms with E-state index in [0.29, 0.717) is 22.6 Å². The van der Waals surface area contributed by atoms with Gasteiger partial charge in [0.2, 0.25) is 0 Å². The van der Waals surface area contributed by atoms with Gasteiger partial charge in [0, 0.05) is 18.5 Å². The van der Waals surface area contributed by atoms with E-state index in [0.717, 1.165) is 0 Å². The third-order valence-corrected chi connectivity index (χ3v) is 2.37. The Balaban J connectivity index is 2.34. The number of rotatable bonds is 1. The number of aromatic amines is 1. The van der Waals surface area contributed by atoms with Crippen molar-refractivity contribution in [2.24, 2.45) is 0 Å². The van der Waals surface area contributed by atoms with Crippen molar-refractivity contribution >= 4 is 11.0 Å². The zero-order valence-electron chi connectivity index (χ0n) is 8.31. The highest BCUT2D eigenvalue weighted by molar-refractivity contribution is 5.77. The van der Waals surface area contributed by atoms with Crippen LogP contribution in [0.15, 0.2) is 51.9 Å². The Bertz CT molecular complexity index is 684. The average Bonchev–Trinajstić information content (AvgIpc) is 2.82. The number of nitrogens with zero attached hydrogens (tertiary/aromatic N) is 1. The molecule has 0 aliphatic rings. The number of hydrogen-bond acceptors (Lipinski definition) is 3. The van der Waals surface area contributed by atoms with E-state index < -0.39 is 0 Å². The number of imidazole rings is 1. The Morgan fingerprint density at radius 3 is 2.94 bits per heavy atom. The van der Waals surface area contributed by atoms with E-state index in [1.54, 1.807) is 24.5 Å². The lowest BCUT2D eigenvalue weighted by Gasteiger charge is -1.99. The van der Waals surface area contributed by atoms with Crippen molar-refractivity contribution in [1.82, 2.24) is 9.97 Å². The number of aromatic nitrogens is 2. The number of nitrogens with one attached hydrogen (secondary N) is 1. The normalized spacial score (nSPS) is 10.8. The van der Waals surface area contributed by atoms with Gasteiger partial charge in [0.1, 0.15) is 5.58 Å². The Morgan fingerprint density at radius 2 is 2.12 bits per heavy atom. The molecule has 3 rings (SSSR count). The van der Waals surface area contributed by atoms with Gasteiger partial charge in [-0.2, -0.15) is 0 Å². The lowest BCUT2D eigenvalue weighted by Crippen LogP contribution is -2.00. The SMILES string of the molecule is O=c1cc(-c2ncc[nH]2)oc2ccccc12. The van der Waals surface area contributed by atoms with E-state index in [9.17, 15) is 4.79 Å². The van der Waals surface area contributed by atoms with Crippen LogP contribution in [0.5, 0.6) is 0 Å². The Hall–Kier alpha value is -2.36. The van der Waals surface area contributed by atoms with Gasteiger partial charge < -0.3 is 9.40 Å². The second-order valence-corrected chi connectivity index (χ2v) is 3.41. The number of H-pyrrole nitrogens is 1. The molecule has 4 nitrogen and oxygen atoms in total. The standard InChI is InChI=1S/C12H8N2O2/c15-9-7-11(12-13-5-6-14-12)16-10-4-2-1-3-8(9)10/h1-7H,(H,13,14). The number of hydrogen-bond donors (Lipinski definition) is 1. The fourth-order valence-corrected chi connectivity index (χ4v) is 1.62. The molecular weight excluding hydrogens is 204 g/mol. The van der Waals surface area contributed by atoms with E-state index in [1.807, 2.05) is 12.1 Å². The van der Waals surface area contributed by atoms with Crippen molar-refractivity contribution in [3.05, 3.63) is 52.9 Å². The summed E-state index contributed by atoms with van der Waals surface area (Å²) in [5, 5.41) is 0.581. The smallest absolute Gasteiger partial charge is 0.193 e. The maximum atomic E-state index is 11.8. The minimum Gasteiger partial charge on any atom is -0.453 e. The summed E-state index contributed by atoms with van der Waals surface area (Å²) in [5.74, 6) is 1.01. The Morgan fingerprint density at radius 1 is 1.25 bits per heavy atom. The summed E-state index contributed by atoms with van der Waals surface area (Å²) in [6.45, 7) is 0. The van der Waals surface area contributed by atoms with Crippen LogP contribution in [0.4, 0.5) is 0 Å². The quantitative estimate of drug-likeness (QED) is 0.672. The third kappa shape index (κ3) is 1.32. The molecule has 16 heavy (non-hydrogen) atoms. The molecule has 0 saturated carbocycles. The first-order valence-corrected chi connectivity index (χ1v) is 4.87. The molecule has 4 heteroatoms. The molecule has 0 bridgehead atoms. The highest BCUT2D eigenvalue weighted by Gasteiger charge is 2.07. The van der Waals surface area contributed by atoms with Crippen molar-refractivity contribution in [3.63, 3.8) is 0 Å². The van der Waals surface area contributed by atoms with Crippen LogP contribution >= 0.6 is 0 Å². The molecule has 0 atom stereocenters. The van der Waals surface area contributed by atoms with Gasteiger partial charge in [0.15, 0.2) is 17.0 Å². The van der Waals surface area contributed by atoms with E-state index in [2.05, 4.69) is 9.97 Å². The van der Waals surface area contributed by atoms with Gasteiger partial charge in [-0.15, -0.1) is 0 Å². The summed E-state index contributed by atoms with van der Waals surface area (Å²) < 4.78 is 5.59. The van der Waals surface area contributed by atoms with E-state index in [1.165, 1.54) is 6.07 Å². The molecule has 0 saturated heterocycles. The lowest BCUT2D eigenvalue weighted by atomic mass is 10.2.